The number of aryl methyl sites for hydroxylation is 1. The summed E-state index contributed by atoms with van der Waals surface area (Å²) in [6, 6.07) is 13.0. The molecule has 0 saturated heterocycles. The largest absolute Gasteiger partial charge is 0.492 e. The van der Waals surface area contributed by atoms with E-state index in [1.54, 1.807) is 18.2 Å². The number of hydrazone groups is 1. The van der Waals surface area contributed by atoms with Gasteiger partial charge in [-0.05, 0) is 54.8 Å². The van der Waals surface area contributed by atoms with Crippen LogP contribution in [-0.2, 0) is 0 Å². The zero-order chi connectivity index (χ0) is 20.0. The molecule has 2 atom stereocenters. The summed E-state index contributed by atoms with van der Waals surface area (Å²) >= 11 is 0. The Kier molecular flexibility index (Phi) is 4.31. The molecule has 28 heavy (non-hydrogen) atoms. The van der Waals surface area contributed by atoms with Gasteiger partial charge in [0, 0.05) is 5.56 Å². The number of hydrogen-bond acceptors (Lipinski definition) is 5. The van der Waals surface area contributed by atoms with Crippen LogP contribution in [0.5, 0.6) is 5.75 Å². The van der Waals surface area contributed by atoms with E-state index in [9.17, 15) is 15.2 Å². The molecule has 2 aromatic rings. The van der Waals surface area contributed by atoms with Crippen LogP contribution in [0.3, 0.4) is 0 Å². The third-order valence-electron chi connectivity index (χ3n) is 5.46. The fourth-order valence-electron chi connectivity index (χ4n) is 4.08. The summed E-state index contributed by atoms with van der Waals surface area (Å²) in [5, 5.41) is 25.4. The second-order valence-electron chi connectivity index (χ2n) is 7.61. The first kappa shape index (κ1) is 18.1. The molecule has 1 N–H and O–H groups in total. The van der Waals surface area contributed by atoms with E-state index in [2.05, 4.69) is 19.9 Å². The van der Waals surface area contributed by atoms with Crippen LogP contribution in [-0.4, -0.2) is 29.4 Å². The molecule has 0 amide bonds. The first-order valence-electron chi connectivity index (χ1n) is 9.29. The molecular formula is C22H21N3O3. The van der Waals surface area contributed by atoms with Gasteiger partial charge in [0.15, 0.2) is 0 Å². The molecule has 0 radical (unpaired) electrons. The highest BCUT2D eigenvalue weighted by atomic mass is 16.5. The van der Waals surface area contributed by atoms with Crippen molar-refractivity contribution in [3.8, 4) is 11.8 Å². The molecule has 0 saturated carbocycles. The Hall–Kier alpha value is -3.33. The Bertz CT molecular complexity index is 1040. The average Bonchev–Trinajstić information content (AvgIpc) is 3.07. The quantitative estimate of drug-likeness (QED) is 0.881. The Morgan fingerprint density at radius 2 is 2.11 bits per heavy atom. The summed E-state index contributed by atoms with van der Waals surface area (Å²) in [5.41, 5.74) is 4.50. The molecule has 0 fully saturated rings. The molecule has 0 aliphatic carbocycles. The van der Waals surface area contributed by atoms with Gasteiger partial charge in [-0.25, -0.2) is 4.79 Å². The van der Waals surface area contributed by atoms with Crippen LogP contribution >= 0.6 is 0 Å². The number of fused-ring (bicyclic) bond motifs is 3. The van der Waals surface area contributed by atoms with Gasteiger partial charge in [-0.2, -0.15) is 10.4 Å². The third kappa shape index (κ3) is 2.80. The molecule has 2 unspecified atom stereocenters. The summed E-state index contributed by atoms with van der Waals surface area (Å²) in [5.74, 6) is 0.0108. The Balaban J connectivity index is 1.79. The topological polar surface area (TPSA) is 85.9 Å². The SMILES string of the molecule is Cc1cc(N2N=C3c4ccc(C(=O)O)cc4OCC3C2C(C)C)ccc1C#N. The summed E-state index contributed by atoms with van der Waals surface area (Å²) in [6.07, 6.45) is 0. The van der Waals surface area contributed by atoms with Crippen molar-refractivity contribution >= 4 is 17.4 Å². The highest BCUT2D eigenvalue weighted by Gasteiger charge is 2.44. The van der Waals surface area contributed by atoms with Crippen LogP contribution in [0.15, 0.2) is 41.5 Å². The van der Waals surface area contributed by atoms with Gasteiger partial charge in [-0.1, -0.05) is 13.8 Å². The van der Waals surface area contributed by atoms with Crippen molar-refractivity contribution in [3.05, 3.63) is 58.7 Å². The molecule has 6 heteroatoms. The van der Waals surface area contributed by atoms with Crippen LogP contribution in [0.1, 0.15) is 40.9 Å². The van der Waals surface area contributed by atoms with E-state index in [1.807, 2.05) is 30.1 Å². The zero-order valence-corrected chi connectivity index (χ0v) is 16.0. The fourth-order valence-corrected chi connectivity index (χ4v) is 4.08. The second kappa shape index (κ2) is 6.68. The molecule has 0 aromatic heterocycles. The van der Waals surface area contributed by atoms with Gasteiger partial charge in [-0.3, -0.25) is 5.01 Å². The van der Waals surface area contributed by atoms with E-state index in [4.69, 9.17) is 9.84 Å². The minimum absolute atomic E-state index is 0.0964. The molecular weight excluding hydrogens is 354 g/mol. The van der Waals surface area contributed by atoms with E-state index < -0.39 is 5.97 Å². The summed E-state index contributed by atoms with van der Waals surface area (Å²) in [7, 11) is 0. The van der Waals surface area contributed by atoms with Crippen molar-refractivity contribution in [3.63, 3.8) is 0 Å². The number of hydrogen-bond donors (Lipinski definition) is 1. The van der Waals surface area contributed by atoms with Crippen LogP contribution < -0.4 is 9.75 Å². The van der Waals surface area contributed by atoms with Crippen molar-refractivity contribution in [2.24, 2.45) is 16.9 Å². The van der Waals surface area contributed by atoms with Crippen LogP contribution in [0.4, 0.5) is 5.69 Å². The van der Waals surface area contributed by atoms with Crippen LogP contribution in [0, 0.1) is 30.1 Å². The first-order chi connectivity index (χ1) is 13.4. The second-order valence-corrected chi connectivity index (χ2v) is 7.61. The number of rotatable bonds is 3. The summed E-state index contributed by atoms with van der Waals surface area (Å²) in [4.78, 5) is 11.3. The smallest absolute Gasteiger partial charge is 0.335 e. The maximum Gasteiger partial charge on any atom is 0.335 e. The van der Waals surface area contributed by atoms with Crippen LogP contribution in [0.2, 0.25) is 0 Å². The minimum atomic E-state index is -0.975. The monoisotopic (exact) mass is 375 g/mol. The lowest BCUT2D eigenvalue weighted by Gasteiger charge is -2.33. The fraction of sp³-hybridized carbons (Fsp3) is 0.318. The van der Waals surface area contributed by atoms with E-state index in [1.165, 1.54) is 0 Å². The number of nitriles is 1. The van der Waals surface area contributed by atoms with Gasteiger partial charge in [0.1, 0.15) is 5.75 Å². The predicted octanol–water partition coefficient (Wildman–Crippen LogP) is 3.82. The first-order valence-corrected chi connectivity index (χ1v) is 9.29. The third-order valence-corrected chi connectivity index (χ3v) is 5.46. The maximum absolute atomic E-state index is 11.3. The number of ether oxygens (including phenoxy) is 1. The molecule has 6 nitrogen and oxygen atoms in total. The van der Waals surface area contributed by atoms with Crippen LogP contribution in [0.25, 0.3) is 0 Å². The lowest BCUT2D eigenvalue weighted by Crippen LogP contribution is -2.42. The normalized spacial score (nSPS) is 20.1. The number of anilines is 1. The van der Waals surface area contributed by atoms with Gasteiger partial charge < -0.3 is 9.84 Å². The number of aromatic carboxylic acids is 1. The van der Waals surface area contributed by atoms with Crippen molar-refractivity contribution in [1.29, 1.82) is 5.26 Å². The number of carbonyl (C=O) groups is 1. The lowest BCUT2D eigenvalue weighted by molar-refractivity contribution is 0.0696. The maximum atomic E-state index is 11.3. The van der Waals surface area contributed by atoms with Crippen molar-refractivity contribution in [2.45, 2.75) is 26.8 Å². The average molecular weight is 375 g/mol. The lowest BCUT2D eigenvalue weighted by atomic mass is 9.83. The minimum Gasteiger partial charge on any atom is -0.492 e. The number of benzene rings is 2. The van der Waals surface area contributed by atoms with E-state index >= 15 is 0 Å². The molecule has 2 aromatic carbocycles. The molecule has 4 rings (SSSR count). The standard InChI is InChI=1S/C22H21N3O3/c1-12(2)21-18-11-28-19-9-14(22(26)27)5-7-17(19)20(18)24-25(21)16-6-4-15(10-23)13(3)8-16/h4-9,12,18,21H,11H2,1-3H3,(H,26,27). The van der Waals surface area contributed by atoms with Gasteiger partial charge in [0.2, 0.25) is 0 Å². The highest BCUT2D eigenvalue weighted by Crippen LogP contribution is 2.40. The predicted molar refractivity (Wildman–Crippen MR) is 106 cm³/mol. The van der Waals surface area contributed by atoms with E-state index in [0.717, 1.165) is 22.5 Å². The Morgan fingerprint density at radius 1 is 1.32 bits per heavy atom. The van der Waals surface area contributed by atoms with Gasteiger partial charge in [0.25, 0.3) is 0 Å². The van der Waals surface area contributed by atoms with Crippen molar-refractivity contribution in [1.82, 2.24) is 0 Å². The number of carboxylic acids is 1. The zero-order valence-electron chi connectivity index (χ0n) is 16.0. The Labute approximate surface area is 163 Å². The van der Waals surface area contributed by atoms with Gasteiger partial charge in [-0.15, -0.1) is 0 Å². The molecule has 142 valence electrons. The van der Waals surface area contributed by atoms with E-state index in [-0.39, 0.29) is 17.5 Å². The summed E-state index contributed by atoms with van der Waals surface area (Å²) in [6.45, 7) is 6.71. The highest BCUT2D eigenvalue weighted by molar-refractivity contribution is 6.08. The molecule has 0 bridgehead atoms. The number of carboxylic acid groups (broad SMARTS) is 1. The van der Waals surface area contributed by atoms with Gasteiger partial charge >= 0.3 is 5.97 Å². The Morgan fingerprint density at radius 3 is 2.75 bits per heavy atom. The van der Waals surface area contributed by atoms with Crippen molar-refractivity contribution < 1.29 is 14.6 Å². The molecule has 0 spiro atoms. The van der Waals surface area contributed by atoms with Crippen molar-refractivity contribution in [2.75, 3.05) is 11.6 Å². The van der Waals surface area contributed by atoms with E-state index in [0.29, 0.717) is 23.8 Å². The molecule has 2 aliphatic rings. The molecule has 2 aliphatic heterocycles. The summed E-state index contributed by atoms with van der Waals surface area (Å²) < 4.78 is 5.94. The number of nitrogens with zero attached hydrogens (tertiary/aromatic N) is 3. The van der Waals surface area contributed by atoms with Gasteiger partial charge in [0.05, 0.1) is 47.2 Å². The molecule has 2 heterocycles.